The van der Waals surface area contributed by atoms with E-state index in [-0.39, 0.29) is 5.92 Å². The molecule has 3 heteroatoms. The van der Waals surface area contributed by atoms with Crippen LogP contribution in [0.1, 0.15) is 51.9 Å². The van der Waals surface area contributed by atoms with Crippen LogP contribution in [0.15, 0.2) is 0 Å². The van der Waals surface area contributed by atoms with E-state index < -0.39 is 0 Å². The lowest BCUT2D eigenvalue weighted by atomic mass is 9.67. The predicted molar refractivity (Wildman–Crippen MR) is 68.8 cm³/mol. The normalized spacial score (nSPS) is 28.7. The molecule has 0 aromatic heterocycles. The van der Waals surface area contributed by atoms with Gasteiger partial charge in [0.15, 0.2) is 0 Å². The van der Waals surface area contributed by atoms with E-state index in [0.29, 0.717) is 30.6 Å². The second-order valence-corrected chi connectivity index (χ2v) is 5.41. The summed E-state index contributed by atoms with van der Waals surface area (Å²) in [6.45, 7) is 2.00. The zero-order chi connectivity index (χ0) is 13.4. The molecule has 0 spiro atoms. The van der Waals surface area contributed by atoms with Crippen LogP contribution in [0.5, 0.6) is 0 Å². The molecule has 96 valence electrons. The second-order valence-electron chi connectivity index (χ2n) is 5.41. The van der Waals surface area contributed by atoms with E-state index in [9.17, 15) is 0 Å². The summed E-state index contributed by atoms with van der Waals surface area (Å²) in [4.78, 5) is 0. The van der Waals surface area contributed by atoms with Crippen molar-refractivity contribution in [3.63, 3.8) is 0 Å². The van der Waals surface area contributed by atoms with Crippen LogP contribution in [0.25, 0.3) is 0 Å². The Morgan fingerprint density at radius 2 is 1.72 bits per heavy atom. The van der Waals surface area contributed by atoms with Crippen molar-refractivity contribution in [2.75, 3.05) is 0 Å². The van der Waals surface area contributed by atoms with E-state index in [2.05, 4.69) is 18.2 Å². The molecule has 1 aliphatic carbocycles. The van der Waals surface area contributed by atoms with Gasteiger partial charge in [-0.3, -0.25) is 0 Å². The summed E-state index contributed by atoms with van der Waals surface area (Å²) in [5.74, 6) is 1.61. The Bertz CT molecular complexity index is 369. The van der Waals surface area contributed by atoms with Gasteiger partial charge in [0, 0.05) is 18.8 Å². The zero-order valence-electron chi connectivity index (χ0n) is 11.1. The topological polar surface area (TPSA) is 71.4 Å². The van der Waals surface area contributed by atoms with Crippen molar-refractivity contribution in [2.24, 2.45) is 23.7 Å². The van der Waals surface area contributed by atoms with Crippen LogP contribution < -0.4 is 0 Å². The van der Waals surface area contributed by atoms with Gasteiger partial charge in [0.05, 0.1) is 18.2 Å². The van der Waals surface area contributed by atoms with Crippen molar-refractivity contribution in [3.8, 4) is 18.2 Å². The fraction of sp³-hybridized carbons (Fsp3) is 0.800. The standard InChI is InChI=1S/C15H21N3/c1-12(11-18)15-10-13(4-2-8-16)6-7-14(15)5-3-9-17/h12-15H,2-7,10H2,1H3. The second kappa shape index (κ2) is 7.73. The molecule has 0 aromatic rings. The Morgan fingerprint density at radius 1 is 1.06 bits per heavy atom. The molecule has 1 rings (SSSR count). The first-order valence-corrected chi connectivity index (χ1v) is 6.86. The van der Waals surface area contributed by atoms with Crippen LogP contribution in [0.4, 0.5) is 0 Å². The summed E-state index contributed by atoms with van der Waals surface area (Å²) in [6, 6.07) is 6.79. The highest BCUT2D eigenvalue weighted by Gasteiger charge is 2.33. The molecule has 3 nitrogen and oxygen atoms in total. The SMILES string of the molecule is CC(C#N)C1CC(CCC#N)CCC1CCC#N. The maximum absolute atomic E-state index is 9.13. The van der Waals surface area contributed by atoms with E-state index in [1.165, 1.54) is 0 Å². The first kappa shape index (κ1) is 14.5. The van der Waals surface area contributed by atoms with Crippen molar-refractivity contribution >= 4 is 0 Å². The van der Waals surface area contributed by atoms with Gasteiger partial charge in [-0.1, -0.05) is 6.42 Å². The average molecular weight is 243 g/mol. The van der Waals surface area contributed by atoms with Crippen molar-refractivity contribution in [2.45, 2.75) is 51.9 Å². The minimum atomic E-state index is 0.0681. The Morgan fingerprint density at radius 3 is 2.33 bits per heavy atom. The smallest absolute Gasteiger partial charge is 0.0655 e. The number of nitrogens with zero attached hydrogens (tertiary/aromatic N) is 3. The molecular weight excluding hydrogens is 222 g/mol. The molecule has 1 aliphatic rings. The molecule has 0 aliphatic heterocycles. The highest BCUT2D eigenvalue weighted by Crippen LogP contribution is 2.41. The van der Waals surface area contributed by atoms with Crippen molar-refractivity contribution in [1.29, 1.82) is 15.8 Å². The first-order valence-electron chi connectivity index (χ1n) is 6.86. The minimum Gasteiger partial charge on any atom is -0.198 e. The largest absolute Gasteiger partial charge is 0.198 e. The van der Waals surface area contributed by atoms with Gasteiger partial charge in [-0.2, -0.15) is 15.8 Å². The summed E-state index contributed by atoms with van der Waals surface area (Å²) in [6.07, 6.45) is 6.46. The molecule has 1 fully saturated rings. The highest BCUT2D eigenvalue weighted by atomic mass is 14.4. The number of nitriles is 3. The van der Waals surface area contributed by atoms with Crippen LogP contribution in [0.3, 0.4) is 0 Å². The van der Waals surface area contributed by atoms with Crippen LogP contribution in [-0.2, 0) is 0 Å². The van der Waals surface area contributed by atoms with Gasteiger partial charge in [0.25, 0.3) is 0 Å². The van der Waals surface area contributed by atoms with Gasteiger partial charge in [0.1, 0.15) is 0 Å². The minimum absolute atomic E-state index is 0.0681. The number of hydrogen-bond acceptors (Lipinski definition) is 3. The average Bonchev–Trinajstić information content (AvgIpc) is 2.42. The van der Waals surface area contributed by atoms with Crippen LogP contribution in [0.2, 0.25) is 0 Å². The predicted octanol–water partition coefficient (Wildman–Crippen LogP) is 3.79. The van der Waals surface area contributed by atoms with Crippen LogP contribution >= 0.6 is 0 Å². The summed E-state index contributed by atoms with van der Waals surface area (Å²) in [7, 11) is 0. The third-order valence-electron chi connectivity index (χ3n) is 4.29. The molecule has 0 N–H and O–H groups in total. The van der Waals surface area contributed by atoms with Gasteiger partial charge in [-0.15, -0.1) is 0 Å². The van der Waals surface area contributed by atoms with Crippen LogP contribution in [0, 0.1) is 57.7 Å². The number of rotatable bonds is 5. The highest BCUT2D eigenvalue weighted by molar-refractivity contribution is 4.93. The molecule has 4 atom stereocenters. The van der Waals surface area contributed by atoms with Gasteiger partial charge >= 0.3 is 0 Å². The third kappa shape index (κ3) is 4.05. The molecule has 0 bridgehead atoms. The molecule has 1 saturated carbocycles. The number of hydrogen-bond donors (Lipinski definition) is 0. The van der Waals surface area contributed by atoms with Gasteiger partial charge in [-0.05, 0) is 50.4 Å². The Hall–Kier alpha value is -1.53. The van der Waals surface area contributed by atoms with E-state index in [0.717, 1.165) is 32.1 Å². The molecule has 0 aromatic carbocycles. The summed E-state index contributed by atoms with van der Waals surface area (Å²) < 4.78 is 0. The summed E-state index contributed by atoms with van der Waals surface area (Å²) in [5, 5.41) is 26.5. The van der Waals surface area contributed by atoms with Gasteiger partial charge in [-0.25, -0.2) is 0 Å². The fourth-order valence-corrected chi connectivity index (χ4v) is 3.21. The Kier molecular flexibility index (Phi) is 6.24. The zero-order valence-corrected chi connectivity index (χ0v) is 11.1. The Balaban J connectivity index is 2.59. The molecule has 0 radical (unpaired) electrons. The van der Waals surface area contributed by atoms with E-state index in [4.69, 9.17) is 15.8 Å². The lowest BCUT2D eigenvalue weighted by Crippen LogP contribution is -2.29. The Labute approximate surface area is 110 Å². The monoisotopic (exact) mass is 243 g/mol. The van der Waals surface area contributed by atoms with E-state index >= 15 is 0 Å². The fourth-order valence-electron chi connectivity index (χ4n) is 3.21. The summed E-state index contributed by atoms with van der Waals surface area (Å²) in [5.41, 5.74) is 0. The molecule has 4 unspecified atom stereocenters. The van der Waals surface area contributed by atoms with Crippen LogP contribution in [-0.4, -0.2) is 0 Å². The lowest BCUT2D eigenvalue weighted by molar-refractivity contribution is 0.137. The lowest BCUT2D eigenvalue weighted by Gasteiger charge is -2.37. The van der Waals surface area contributed by atoms with Gasteiger partial charge in [0.2, 0.25) is 0 Å². The maximum Gasteiger partial charge on any atom is 0.0655 e. The third-order valence-corrected chi connectivity index (χ3v) is 4.29. The maximum atomic E-state index is 9.13. The molecule has 0 heterocycles. The quantitative estimate of drug-likeness (QED) is 0.737. The first-order chi connectivity index (χ1) is 8.72. The van der Waals surface area contributed by atoms with E-state index in [1.807, 2.05) is 6.92 Å². The molecular formula is C15H21N3. The van der Waals surface area contributed by atoms with Gasteiger partial charge < -0.3 is 0 Å². The molecule has 0 saturated heterocycles. The molecule has 18 heavy (non-hydrogen) atoms. The van der Waals surface area contributed by atoms with Crippen molar-refractivity contribution in [1.82, 2.24) is 0 Å². The van der Waals surface area contributed by atoms with Crippen molar-refractivity contribution < 1.29 is 0 Å². The summed E-state index contributed by atoms with van der Waals surface area (Å²) >= 11 is 0. The van der Waals surface area contributed by atoms with Crippen molar-refractivity contribution in [3.05, 3.63) is 0 Å². The van der Waals surface area contributed by atoms with E-state index in [1.54, 1.807) is 0 Å². The molecule has 0 amide bonds.